The van der Waals surface area contributed by atoms with Crippen molar-refractivity contribution < 1.29 is 17.9 Å². The lowest BCUT2D eigenvalue weighted by Crippen LogP contribution is -2.46. The molecule has 1 saturated heterocycles. The molecule has 1 aromatic heterocycles. The molecule has 1 saturated carbocycles. The quantitative estimate of drug-likeness (QED) is 0.797. The van der Waals surface area contributed by atoms with Crippen molar-refractivity contribution in [3.8, 4) is 0 Å². The first-order valence-electron chi connectivity index (χ1n) is 9.52. The van der Waals surface area contributed by atoms with E-state index in [4.69, 9.17) is 15.5 Å². The van der Waals surface area contributed by atoms with E-state index in [-0.39, 0.29) is 6.04 Å². The van der Waals surface area contributed by atoms with Gasteiger partial charge in [-0.05, 0) is 31.4 Å². The van der Waals surface area contributed by atoms with Gasteiger partial charge in [0.1, 0.15) is 11.6 Å². The zero-order chi connectivity index (χ0) is 19.7. The Kier molecular flexibility index (Phi) is 5.61. The number of halogens is 3. The highest BCUT2D eigenvalue weighted by Crippen LogP contribution is 2.38. The maximum atomic E-state index is 12.0. The molecule has 28 heavy (non-hydrogen) atoms. The van der Waals surface area contributed by atoms with E-state index >= 15 is 0 Å². The van der Waals surface area contributed by atoms with Crippen LogP contribution in [-0.2, 0) is 17.8 Å². The lowest BCUT2D eigenvalue weighted by Gasteiger charge is -2.33. The lowest BCUT2D eigenvalue weighted by atomic mass is 10.1. The first-order valence-corrected chi connectivity index (χ1v) is 9.52. The van der Waals surface area contributed by atoms with Crippen LogP contribution in [0.2, 0.25) is 0 Å². The van der Waals surface area contributed by atoms with Crippen molar-refractivity contribution in [2.24, 2.45) is 5.73 Å². The van der Waals surface area contributed by atoms with E-state index in [1.54, 1.807) is 0 Å². The van der Waals surface area contributed by atoms with Gasteiger partial charge in [0.15, 0.2) is 11.6 Å². The molecule has 8 heteroatoms. The molecule has 0 unspecified atom stereocenters. The number of hydrogen-bond donors (Lipinski definition) is 1. The Bertz CT molecular complexity index is 846. The fourth-order valence-corrected chi connectivity index (χ4v) is 3.56. The molecule has 2 atom stereocenters. The van der Waals surface area contributed by atoms with Gasteiger partial charge in [0.2, 0.25) is 0 Å². The molecule has 2 aliphatic heterocycles. The Balaban J connectivity index is 0.000000181. The minimum Gasteiger partial charge on any atom is -0.378 e. The minimum absolute atomic E-state index is 0.176. The third-order valence-corrected chi connectivity index (χ3v) is 5.26. The Morgan fingerprint density at radius 2 is 1.89 bits per heavy atom. The van der Waals surface area contributed by atoms with Crippen LogP contribution in [0.1, 0.15) is 42.3 Å². The fraction of sp³-hybridized carbons (Fsp3) is 0.500. The van der Waals surface area contributed by atoms with Crippen LogP contribution in [0.25, 0.3) is 0 Å². The molecule has 3 heterocycles. The van der Waals surface area contributed by atoms with E-state index in [9.17, 15) is 13.2 Å². The van der Waals surface area contributed by atoms with Gasteiger partial charge < -0.3 is 10.5 Å². The van der Waals surface area contributed by atoms with Crippen LogP contribution >= 0.6 is 0 Å². The van der Waals surface area contributed by atoms with E-state index in [1.165, 1.54) is 24.1 Å². The van der Waals surface area contributed by atoms with Crippen molar-refractivity contribution in [3.63, 3.8) is 0 Å². The normalized spacial score (nSPS) is 24.4. The van der Waals surface area contributed by atoms with E-state index in [1.807, 2.05) is 6.20 Å². The molecule has 1 aliphatic carbocycles. The van der Waals surface area contributed by atoms with E-state index in [2.05, 4.69) is 9.88 Å². The van der Waals surface area contributed by atoms with Crippen LogP contribution < -0.4 is 5.73 Å². The van der Waals surface area contributed by atoms with Crippen molar-refractivity contribution in [3.05, 3.63) is 58.9 Å². The largest absolute Gasteiger partial charge is 0.378 e. The maximum Gasteiger partial charge on any atom is 0.161 e. The molecule has 0 spiro atoms. The Hall–Kier alpha value is -2.03. The van der Waals surface area contributed by atoms with Crippen molar-refractivity contribution >= 4 is 0 Å². The van der Waals surface area contributed by atoms with Gasteiger partial charge in [-0.2, -0.15) is 0 Å². The molecule has 2 fully saturated rings. The van der Waals surface area contributed by atoms with Gasteiger partial charge >= 0.3 is 0 Å². The summed E-state index contributed by atoms with van der Waals surface area (Å²) < 4.78 is 41.4. The molecule has 0 bridgehead atoms. The monoisotopic (exact) mass is 392 g/mol. The van der Waals surface area contributed by atoms with Crippen LogP contribution in [0.3, 0.4) is 0 Å². The molecular formula is C20H23F3N4O. The summed E-state index contributed by atoms with van der Waals surface area (Å²) in [5.41, 5.74) is 8.49. The highest BCUT2D eigenvalue weighted by Gasteiger charge is 2.33. The number of benzene rings is 1. The fourth-order valence-electron chi connectivity index (χ4n) is 3.56. The van der Waals surface area contributed by atoms with Gasteiger partial charge in [-0.25, -0.2) is 23.1 Å². The third-order valence-electron chi connectivity index (χ3n) is 5.26. The lowest BCUT2D eigenvalue weighted by molar-refractivity contribution is 0.00529. The number of aromatic nitrogens is 2. The predicted octanol–water partition coefficient (Wildman–Crippen LogP) is 2.89. The zero-order valence-electron chi connectivity index (χ0n) is 15.5. The highest BCUT2D eigenvalue weighted by atomic mass is 19.2. The molecule has 0 amide bonds. The average Bonchev–Trinajstić information content (AvgIpc) is 3.44. The second-order valence-corrected chi connectivity index (χ2v) is 7.62. The standard InChI is InChI=1S/C14H20N4O.C6H3F3/c15-11-3-12(8-19-7-11)18-5-10-4-16-14(9-1-2-9)17-13(10)6-18;7-4-1-2-5(8)6(9)3-4/h4,9,11-12H,1-3,5-8,15H2;1-3H/t11-,12+;/m0./s1. The number of rotatable bonds is 2. The molecule has 2 aromatic rings. The minimum atomic E-state index is -1.16. The molecule has 5 rings (SSSR count). The summed E-state index contributed by atoms with van der Waals surface area (Å²) in [6.45, 7) is 3.37. The van der Waals surface area contributed by atoms with E-state index in [0.29, 0.717) is 24.6 Å². The number of ether oxygens (including phenoxy) is 1. The van der Waals surface area contributed by atoms with Gasteiger partial charge in [0.05, 0.1) is 18.9 Å². The molecule has 150 valence electrons. The summed E-state index contributed by atoms with van der Waals surface area (Å²) in [5.74, 6) is -1.27. The van der Waals surface area contributed by atoms with Gasteiger partial charge in [-0.15, -0.1) is 0 Å². The summed E-state index contributed by atoms with van der Waals surface area (Å²) in [6, 6.07) is 2.70. The average molecular weight is 392 g/mol. The smallest absolute Gasteiger partial charge is 0.161 e. The van der Waals surface area contributed by atoms with Crippen molar-refractivity contribution in [2.75, 3.05) is 13.2 Å². The van der Waals surface area contributed by atoms with Crippen molar-refractivity contribution in [1.82, 2.24) is 14.9 Å². The SMILES string of the molecule is Fc1ccc(F)c(F)c1.N[C@@H]1COC[C@H](N2Cc3cnc(C4CC4)nc3C2)C1. The summed E-state index contributed by atoms with van der Waals surface area (Å²) in [7, 11) is 0. The zero-order valence-corrected chi connectivity index (χ0v) is 15.5. The van der Waals surface area contributed by atoms with Crippen molar-refractivity contribution in [1.29, 1.82) is 0 Å². The second kappa shape index (κ2) is 8.14. The first-order chi connectivity index (χ1) is 13.5. The van der Waals surface area contributed by atoms with Crippen LogP contribution in [0, 0.1) is 17.5 Å². The predicted molar refractivity (Wildman–Crippen MR) is 96.8 cm³/mol. The highest BCUT2D eigenvalue weighted by molar-refractivity contribution is 5.24. The van der Waals surface area contributed by atoms with Crippen LogP contribution in [0.5, 0.6) is 0 Å². The third kappa shape index (κ3) is 4.51. The Morgan fingerprint density at radius 1 is 1.07 bits per heavy atom. The summed E-state index contributed by atoms with van der Waals surface area (Å²) in [6.07, 6.45) is 5.57. The molecule has 1 aromatic carbocycles. The molecule has 0 radical (unpaired) electrons. The molecule has 5 nitrogen and oxygen atoms in total. The van der Waals surface area contributed by atoms with Gasteiger partial charge in [0, 0.05) is 48.9 Å². The van der Waals surface area contributed by atoms with Crippen molar-refractivity contribution in [2.45, 2.75) is 50.4 Å². The number of nitrogens with two attached hydrogens (primary N) is 1. The van der Waals surface area contributed by atoms with Gasteiger partial charge in [-0.3, -0.25) is 4.90 Å². The summed E-state index contributed by atoms with van der Waals surface area (Å²) in [4.78, 5) is 11.7. The number of fused-ring (bicyclic) bond motifs is 1. The Morgan fingerprint density at radius 3 is 2.57 bits per heavy atom. The van der Waals surface area contributed by atoms with Gasteiger partial charge in [-0.1, -0.05) is 0 Å². The van der Waals surface area contributed by atoms with Crippen LogP contribution in [-0.4, -0.2) is 40.2 Å². The summed E-state index contributed by atoms with van der Waals surface area (Å²) in [5, 5.41) is 0. The molecular weight excluding hydrogens is 369 g/mol. The summed E-state index contributed by atoms with van der Waals surface area (Å²) >= 11 is 0. The second-order valence-electron chi connectivity index (χ2n) is 7.62. The molecule has 2 N–H and O–H groups in total. The first kappa shape index (κ1) is 19.3. The number of hydrogen-bond acceptors (Lipinski definition) is 5. The Labute approximate surface area is 161 Å². The molecule has 3 aliphatic rings. The van der Waals surface area contributed by atoms with E-state index in [0.717, 1.165) is 44.1 Å². The van der Waals surface area contributed by atoms with Gasteiger partial charge in [0.25, 0.3) is 0 Å². The van der Waals surface area contributed by atoms with Crippen LogP contribution in [0.4, 0.5) is 13.2 Å². The van der Waals surface area contributed by atoms with Crippen LogP contribution in [0.15, 0.2) is 24.4 Å². The van der Waals surface area contributed by atoms with E-state index < -0.39 is 17.5 Å². The number of nitrogens with zero attached hydrogens (tertiary/aromatic N) is 3. The topological polar surface area (TPSA) is 64.3 Å². The maximum absolute atomic E-state index is 12.0.